The smallest absolute Gasteiger partial charge is 0.237 e. The molecule has 1 aliphatic heterocycles. The third kappa shape index (κ3) is 5.73. The Balaban J connectivity index is 1.58. The maximum atomic E-state index is 14.1. The first kappa shape index (κ1) is 23.5. The zero-order valence-corrected chi connectivity index (χ0v) is 18.1. The monoisotopic (exact) mass is 447 g/mol. The van der Waals surface area contributed by atoms with Crippen molar-refractivity contribution in [2.75, 3.05) is 33.9 Å². The highest BCUT2D eigenvalue weighted by molar-refractivity contribution is 5.88. The standard InChI is InChI=1S/C23H27F2N3O4/c1-31-17-7-6-15(20(12-17)32-2)8-9-26-21(29)13-19-23(30)27-10-11-28(19)14-16-4-3-5-18(24)22(16)25/h3-7,12,19H,8-11,13-14H2,1-2H3,(H,26,29)(H,27,30). The fourth-order valence-electron chi connectivity index (χ4n) is 3.71. The molecule has 0 spiro atoms. The van der Waals surface area contributed by atoms with Crippen LogP contribution in [0.5, 0.6) is 11.5 Å². The van der Waals surface area contributed by atoms with Crippen molar-refractivity contribution in [2.45, 2.75) is 25.4 Å². The van der Waals surface area contributed by atoms with Crippen LogP contribution in [0.15, 0.2) is 36.4 Å². The van der Waals surface area contributed by atoms with Gasteiger partial charge < -0.3 is 20.1 Å². The number of benzene rings is 2. The van der Waals surface area contributed by atoms with Gasteiger partial charge in [-0.1, -0.05) is 18.2 Å². The lowest BCUT2D eigenvalue weighted by molar-refractivity contribution is -0.134. The Morgan fingerprint density at radius 3 is 2.75 bits per heavy atom. The number of nitrogens with zero attached hydrogens (tertiary/aromatic N) is 1. The number of halogens is 2. The van der Waals surface area contributed by atoms with E-state index in [0.29, 0.717) is 37.6 Å². The number of carbonyl (C=O) groups excluding carboxylic acids is 2. The van der Waals surface area contributed by atoms with E-state index in [-0.39, 0.29) is 30.3 Å². The van der Waals surface area contributed by atoms with Crippen molar-refractivity contribution >= 4 is 11.8 Å². The van der Waals surface area contributed by atoms with Crippen LogP contribution < -0.4 is 20.1 Å². The lowest BCUT2D eigenvalue weighted by atomic mass is 10.1. The second-order valence-corrected chi connectivity index (χ2v) is 7.47. The van der Waals surface area contributed by atoms with Crippen molar-refractivity contribution in [1.29, 1.82) is 0 Å². The molecule has 1 aliphatic rings. The van der Waals surface area contributed by atoms with Crippen LogP contribution in [0.25, 0.3) is 0 Å². The molecule has 9 heteroatoms. The third-order valence-corrected chi connectivity index (χ3v) is 5.44. The van der Waals surface area contributed by atoms with Crippen molar-refractivity contribution in [1.82, 2.24) is 15.5 Å². The van der Waals surface area contributed by atoms with Crippen molar-refractivity contribution in [3.8, 4) is 11.5 Å². The quantitative estimate of drug-likeness (QED) is 0.615. The van der Waals surface area contributed by atoms with Crippen LogP contribution in [-0.2, 0) is 22.6 Å². The first-order chi connectivity index (χ1) is 15.4. The van der Waals surface area contributed by atoms with E-state index in [9.17, 15) is 18.4 Å². The summed E-state index contributed by atoms with van der Waals surface area (Å²) in [5.74, 6) is -1.15. The summed E-state index contributed by atoms with van der Waals surface area (Å²) in [4.78, 5) is 26.6. The number of hydrogen-bond acceptors (Lipinski definition) is 5. The lowest BCUT2D eigenvalue weighted by Crippen LogP contribution is -2.56. The number of rotatable bonds is 9. The van der Waals surface area contributed by atoms with Crippen molar-refractivity contribution in [3.63, 3.8) is 0 Å². The van der Waals surface area contributed by atoms with Crippen LogP contribution in [0.1, 0.15) is 17.5 Å². The molecule has 0 bridgehead atoms. The summed E-state index contributed by atoms with van der Waals surface area (Å²) in [5, 5.41) is 5.55. The average Bonchev–Trinajstić information content (AvgIpc) is 2.79. The molecule has 2 amide bonds. The zero-order chi connectivity index (χ0) is 23.1. The maximum absolute atomic E-state index is 14.1. The van der Waals surface area contributed by atoms with E-state index in [1.165, 1.54) is 12.1 Å². The van der Waals surface area contributed by atoms with Crippen LogP contribution in [0, 0.1) is 11.6 Å². The Hall–Kier alpha value is -3.20. The number of nitrogens with one attached hydrogen (secondary N) is 2. The minimum Gasteiger partial charge on any atom is -0.497 e. The van der Waals surface area contributed by atoms with Crippen LogP contribution in [-0.4, -0.2) is 56.6 Å². The molecule has 1 atom stereocenters. The SMILES string of the molecule is COc1ccc(CCNC(=O)CC2C(=O)NCCN2Cc2cccc(F)c2F)c(OC)c1. The summed E-state index contributed by atoms with van der Waals surface area (Å²) in [6, 6.07) is 8.64. The van der Waals surface area contributed by atoms with Gasteiger partial charge in [0.2, 0.25) is 11.8 Å². The second kappa shape index (κ2) is 10.9. The van der Waals surface area contributed by atoms with E-state index in [2.05, 4.69) is 10.6 Å². The number of methoxy groups -OCH3 is 2. The van der Waals surface area contributed by atoms with Crippen LogP contribution >= 0.6 is 0 Å². The molecule has 7 nitrogen and oxygen atoms in total. The normalized spacial score (nSPS) is 16.4. The summed E-state index contributed by atoms with van der Waals surface area (Å²) >= 11 is 0. The fraction of sp³-hybridized carbons (Fsp3) is 0.391. The first-order valence-electron chi connectivity index (χ1n) is 10.3. The topological polar surface area (TPSA) is 79.9 Å². The minimum atomic E-state index is -0.938. The predicted octanol–water partition coefficient (Wildman–Crippen LogP) is 2.03. The predicted molar refractivity (Wildman–Crippen MR) is 114 cm³/mol. The molecule has 3 rings (SSSR count). The largest absolute Gasteiger partial charge is 0.497 e. The molecule has 2 N–H and O–H groups in total. The number of carbonyl (C=O) groups is 2. The number of hydrogen-bond donors (Lipinski definition) is 2. The Bertz CT molecular complexity index is 970. The van der Waals surface area contributed by atoms with E-state index < -0.39 is 17.7 Å². The molecule has 1 saturated heterocycles. The van der Waals surface area contributed by atoms with E-state index in [1.54, 1.807) is 25.2 Å². The van der Waals surface area contributed by atoms with Gasteiger partial charge in [-0.3, -0.25) is 14.5 Å². The summed E-state index contributed by atoms with van der Waals surface area (Å²) in [6.07, 6.45) is 0.455. The van der Waals surface area contributed by atoms with Crippen molar-refractivity contribution < 1.29 is 27.8 Å². The summed E-state index contributed by atoms with van der Waals surface area (Å²) in [6.45, 7) is 1.21. The highest BCUT2D eigenvalue weighted by Gasteiger charge is 2.32. The van der Waals surface area contributed by atoms with Gasteiger partial charge in [-0.2, -0.15) is 0 Å². The van der Waals surface area contributed by atoms with Gasteiger partial charge in [0.05, 0.1) is 26.7 Å². The van der Waals surface area contributed by atoms with Crippen LogP contribution in [0.3, 0.4) is 0 Å². The summed E-state index contributed by atoms with van der Waals surface area (Å²) in [5.41, 5.74) is 1.06. The number of amides is 2. The van der Waals surface area contributed by atoms with Gasteiger partial charge in [0.15, 0.2) is 11.6 Å². The molecule has 0 saturated carbocycles. The van der Waals surface area contributed by atoms with Crippen molar-refractivity contribution in [2.24, 2.45) is 0 Å². The van der Waals surface area contributed by atoms with Gasteiger partial charge >= 0.3 is 0 Å². The van der Waals surface area contributed by atoms with Gasteiger partial charge in [-0.15, -0.1) is 0 Å². The minimum absolute atomic E-state index is 0.0397. The van der Waals surface area contributed by atoms with Gasteiger partial charge in [-0.05, 0) is 24.1 Å². The molecular formula is C23H27F2N3O4. The van der Waals surface area contributed by atoms with Gasteiger partial charge in [-0.25, -0.2) is 8.78 Å². The molecule has 2 aromatic rings. The Morgan fingerprint density at radius 2 is 2.00 bits per heavy atom. The van der Waals surface area contributed by atoms with E-state index in [0.717, 1.165) is 11.6 Å². The lowest BCUT2D eigenvalue weighted by Gasteiger charge is -2.34. The molecule has 32 heavy (non-hydrogen) atoms. The third-order valence-electron chi connectivity index (χ3n) is 5.44. The molecule has 0 aromatic heterocycles. The highest BCUT2D eigenvalue weighted by atomic mass is 19.2. The Labute approximate surface area is 185 Å². The molecule has 1 heterocycles. The number of ether oxygens (including phenoxy) is 2. The molecule has 0 aliphatic carbocycles. The van der Waals surface area contributed by atoms with Crippen LogP contribution in [0.4, 0.5) is 8.78 Å². The van der Waals surface area contributed by atoms with E-state index in [4.69, 9.17) is 9.47 Å². The summed E-state index contributed by atoms with van der Waals surface area (Å²) < 4.78 is 38.2. The van der Waals surface area contributed by atoms with Gasteiger partial charge in [0.25, 0.3) is 0 Å². The fourth-order valence-corrected chi connectivity index (χ4v) is 3.71. The van der Waals surface area contributed by atoms with Crippen molar-refractivity contribution in [3.05, 3.63) is 59.2 Å². The van der Waals surface area contributed by atoms with Gasteiger partial charge in [0, 0.05) is 37.8 Å². The molecule has 2 aromatic carbocycles. The Morgan fingerprint density at radius 1 is 1.19 bits per heavy atom. The molecule has 1 fully saturated rings. The van der Waals surface area contributed by atoms with Crippen LogP contribution in [0.2, 0.25) is 0 Å². The second-order valence-electron chi connectivity index (χ2n) is 7.47. The van der Waals surface area contributed by atoms with E-state index >= 15 is 0 Å². The molecule has 172 valence electrons. The Kier molecular flexibility index (Phi) is 7.99. The zero-order valence-electron chi connectivity index (χ0n) is 18.1. The molecule has 1 unspecified atom stereocenters. The highest BCUT2D eigenvalue weighted by Crippen LogP contribution is 2.24. The number of piperazine rings is 1. The van der Waals surface area contributed by atoms with E-state index in [1.807, 2.05) is 12.1 Å². The maximum Gasteiger partial charge on any atom is 0.237 e. The molecular weight excluding hydrogens is 420 g/mol. The van der Waals surface area contributed by atoms with Gasteiger partial charge in [0.1, 0.15) is 11.5 Å². The average molecular weight is 447 g/mol. The summed E-state index contributed by atoms with van der Waals surface area (Å²) in [7, 11) is 3.14. The first-order valence-corrected chi connectivity index (χ1v) is 10.3. The molecule has 0 radical (unpaired) electrons.